The SMILES string of the molecule is C=CC(=O)NC1=C(C)C(C2CCCN(C)C2)CCC1(C)C.Cl. The van der Waals surface area contributed by atoms with E-state index in [2.05, 4.69) is 44.6 Å². The summed E-state index contributed by atoms with van der Waals surface area (Å²) in [5.41, 5.74) is 2.58. The standard InChI is InChI=1S/C18H30N2O.ClH/c1-6-16(21)19-17-13(2)15(9-10-18(17,3)4)14-8-7-11-20(5)12-14;/h6,14-15H,1,7-12H2,2-5H3,(H,19,21);1H. The van der Waals surface area contributed by atoms with Crippen molar-refractivity contribution < 1.29 is 4.79 Å². The quantitative estimate of drug-likeness (QED) is 0.801. The molecule has 1 heterocycles. The molecule has 0 aromatic rings. The molecular weight excluding hydrogens is 296 g/mol. The molecule has 0 saturated carbocycles. The van der Waals surface area contributed by atoms with Crippen molar-refractivity contribution >= 4 is 18.3 Å². The second-order valence-corrected chi connectivity index (χ2v) is 7.44. The van der Waals surface area contributed by atoms with Gasteiger partial charge in [-0.15, -0.1) is 12.4 Å². The topological polar surface area (TPSA) is 32.3 Å². The number of likely N-dealkylation sites (tertiary alicyclic amines) is 1. The Morgan fingerprint density at radius 3 is 2.68 bits per heavy atom. The minimum Gasteiger partial charge on any atom is -0.326 e. The van der Waals surface area contributed by atoms with E-state index in [1.165, 1.54) is 44.0 Å². The summed E-state index contributed by atoms with van der Waals surface area (Å²) in [7, 11) is 2.22. The molecule has 0 aromatic heterocycles. The molecule has 1 saturated heterocycles. The summed E-state index contributed by atoms with van der Waals surface area (Å²) in [4.78, 5) is 14.2. The highest BCUT2D eigenvalue weighted by atomic mass is 35.5. The Labute approximate surface area is 141 Å². The first-order valence-corrected chi connectivity index (χ1v) is 8.18. The van der Waals surface area contributed by atoms with Crippen molar-refractivity contribution in [2.45, 2.75) is 46.5 Å². The van der Waals surface area contributed by atoms with E-state index in [0.717, 1.165) is 18.0 Å². The summed E-state index contributed by atoms with van der Waals surface area (Å²) in [6.07, 6.45) is 6.36. The van der Waals surface area contributed by atoms with E-state index in [1.54, 1.807) is 0 Å². The number of hydrogen-bond acceptors (Lipinski definition) is 2. The van der Waals surface area contributed by atoms with Gasteiger partial charge in [0.05, 0.1) is 0 Å². The number of piperidine rings is 1. The molecule has 0 bridgehead atoms. The highest BCUT2D eigenvalue weighted by Crippen LogP contribution is 2.45. The largest absolute Gasteiger partial charge is 0.326 e. The van der Waals surface area contributed by atoms with Gasteiger partial charge in [-0.05, 0) is 69.7 Å². The number of allylic oxidation sites excluding steroid dienone is 2. The highest BCUT2D eigenvalue weighted by Gasteiger charge is 2.37. The van der Waals surface area contributed by atoms with Gasteiger partial charge in [-0.2, -0.15) is 0 Å². The van der Waals surface area contributed by atoms with Gasteiger partial charge in [-0.1, -0.05) is 20.4 Å². The molecular formula is C18H31ClN2O. The van der Waals surface area contributed by atoms with Crippen molar-refractivity contribution in [1.82, 2.24) is 10.2 Å². The fourth-order valence-corrected chi connectivity index (χ4v) is 4.14. The van der Waals surface area contributed by atoms with Crippen molar-refractivity contribution in [3.05, 3.63) is 23.9 Å². The minimum atomic E-state index is -0.0844. The van der Waals surface area contributed by atoms with Crippen LogP contribution in [0.25, 0.3) is 0 Å². The lowest BCUT2D eigenvalue weighted by Crippen LogP contribution is -2.41. The summed E-state index contributed by atoms with van der Waals surface area (Å²) in [5, 5.41) is 3.10. The van der Waals surface area contributed by atoms with Crippen LogP contribution in [0.1, 0.15) is 46.5 Å². The Kier molecular flexibility index (Phi) is 6.69. The summed E-state index contributed by atoms with van der Waals surface area (Å²) in [6.45, 7) is 12.7. The Morgan fingerprint density at radius 1 is 1.41 bits per heavy atom. The van der Waals surface area contributed by atoms with E-state index in [-0.39, 0.29) is 23.7 Å². The highest BCUT2D eigenvalue weighted by molar-refractivity contribution is 5.88. The van der Waals surface area contributed by atoms with Crippen LogP contribution in [0.5, 0.6) is 0 Å². The number of carbonyl (C=O) groups excluding carboxylic acids is 1. The normalized spacial score (nSPS) is 28.7. The van der Waals surface area contributed by atoms with Gasteiger partial charge < -0.3 is 10.2 Å². The van der Waals surface area contributed by atoms with Crippen LogP contribution in [-0.4, -0.2) is 30.9 Å². The summed E-state index contributed by atoms with van der Waals surface area (Å²) in [6, 6.07) is 0. The zero-order valence-electron chi connectivity index (χ0n) is 14.4. The predicted octanol–water partition coefficient (Wildman–Crippen LogP) is 3.76. The summed E-state index contributed by atoms with van der Waals surface area (Å²) < 4.78 is 0. The first kappa shape index (κ1) is 19.2. The molecule has 3 nitrogen and oxygen atoms in total. The van der Waals surface area contributed by atoms with Gasteiger partial charge in [0.1, 0.15) is 0 Å². The zero-order chi connectivity index (χ0) is 15.6. The number of nitrogens with one attached hydrogen (secondary N) is 1. The van der Waals surface area contributed by atoms with E-state index in [9.17, 15) is 4.79 Å². The Bertz CT molecular complexity index is 456. The molecule has 2 atom stereocenters. The molecule has 1 amide bonds. The van der Waals surface area contributed by atoms with E-state index in [4.69, 9.17) is 0 Å². The van der Waals surface area contributed by atoms with Gasteiger partial charge in [0, 0.05) is 17.7 Å². The maximum absolute atomic E-state index is 11.8. The first-order chi connectivity index (χ1) is 9.85. The number of nitrogens with zero attached hydrogens (tertiary/aromatic N) is 1. The number of hydrogen-bond donors (Lipinski definition) is 1. The minimum absolute atomic E-state index is 0. The Hall–Kier alpha value is -0.800. The maximum atomic E-state index is 11.8. The third kappa shape index (κ3) is 4.14. The molecule has 1 fully saturated rings. The van der Waals surface area contributed by atoms with Gasteiger partial charge in [-0.3, -0.25) is 4.79 Å². The van der Waals surface area contributed by atoms with Crippen LogP contribution in [0.2, 0.25) is 0 Å². The van der Waals surface area contributed by atoms with E-state index in [1.807, 2.05) is 0 Å². The monoisotopic (exact) mass is 326 g/mol. The fourth-order valence-electron chi connectivity index (χ4n) is 4.14. The van der Waals surface area contributed by atoms with Crippen molar-refractivity contribution in [2.75, 3.05) is 20.1 Å². The lowest BCUT2D eigenvalue weighted by atomic mass is 9.67. The van der Waals surface area contributed by atoms with Crippen LogP contribution >= 0.6 is 12.4 Å². The molecule has 4 heteroatoms. The second kappa shape index (κ2) is 7.65. The Morgan fingerprint density at radius 2 is 2.09 bits per heavy atom. The molecule has 0 radical (unpaired) electrons. The van der Waals surface area contributed by atoms with Crippen molar-refractivity contribution in [3.8, 4) is 0 Å². The van der Waals surface area contributed by atoms with E-state index in [0.29, 0.717) is 5.92 Å². The molecule has 1 aliphatic heterocycles. The average molecular weight is 327 g/mol. The molecule has 0 spiro atoms. The van der Waals surface area contributed by atoms with E-state index < -0.39 is 0 Å². The molecule has 1 N–H and O–H groups in total. The first-order valence-electron chi connectivity index (χ1n) is 8.18. The van der Waals surface area contributed by atoms with Crippen LogP contribution in [0.3, 0.4) is 0 Å². The molecule has 2 unspecified atom stereocenters. The van der Waals surface area contributed by atoms with Gasteiger partial charge >= 0.3 is 0 Å². The third-order valence-electron chi connectivity index (χ3n) is 5.37. The third-order valence-corrected chi connectivity index (χ3v) is 5.37. The maximum Gasteiger partial charge on any atom is 0.247 e. The van der Waals surface area contributed by atoms with Crippen molar-refractivity contribution in [1.29, 1.82) is 0 Å². The number of halogens is 1. The smallest absolute Gasteiger partial charge is 0.247 e. The van der Waals surface area contributed by atoms with Gasteiger partial charge in [0.25, 0.3) is 0 Å². The number of amides is 1. The second-order valence-electron chi connectivity index (χ2n) is 7.44. The van der Waals surface area contributed by atoms with Crippen molar-refractivity contribution in [3.63, 3.8) is 0 Å². The van der Waals surface area contributed by atoms with Crippen molar-refractivity contribution in [2.24, 2.45) is 17.3 Å². The fraction of sp³-hybridized carbons (Fsp3) is 0.722. The van der Waals surface area contributed by atoms with Gasteiger partial charge in [-0.25, -0.2) is 0 Å². The molecule has 1 aliphatic carbocycles. The summed E-state index contributed by atoms with van der Waals surface area (Å²) >= 11 is 0. The van der Waals surface area contributed by atoms with Gasteiger partial charge in [0.2, 0.25) is 5.91 Å². The zero-order valence-corrected chi connectivity index (χ0v) is 15.3. The van der Waals surface area contributed by atoms with E-state index >= 15 is 0 Å². The predicted molar refractivity (Wildman–Crippen MR) is 95.0 cm³/mol. The van der Waals surface area contributed by atoms with Crippen LogP contribution < -0.4 is 5.32 Å². The van der Waals surface area contributed by atoms with Crippen LogP contribution in [-0.2, 0) is 4.79 Å². The molecule has 22 heavy (non-hydrogen) atoms. The molecule has 2 rings (SSSR count). The number of carbonyl (C=O) groups is 1. The molecule has 0 aromatic carbocycles. The number of rotatable bonds is 3. The van der Waals surface area contributed by atoms with Crippen LogP contribution in [0.4, 0.5) is 0 Å². The molecule has 2 aliphatic rings. The van der Waals surface area contributed by atoms with Gasteiger partial charge in [0.15, 0.2) is 0 Å². The van der Waals surface area contributed by atoms with Crippen LogP contribution in [0.15, 0.2) is 23.9 Å². The lowest BCUT2D eigenvalue weighted by molar-refractivity contribution is -0.116. The van der Waals surface area contributed by atoms with Crippen LogP contribution in [0, 0.1) is 17.3 Å². The summed E-state index contributed by atoms with van der Waals surface area (Å²) in [5.74, 6) is 1.26. The average Bonchev–Trinajstić information content (AvgIpc) is 2.43. The molecule has 126 valence electrons. The lowest BCUT2D eigenvalue weighted by Gasteiger charge is -2.43. The Balaban J connectivity index is 0.00000242.